The first-order chi connectivity index (χ1) is 23.7. The van der Waals surface area contributed by atoms with Gasteiger partial charge in [-0.2, -0.15) is 0 Å². The molecule has 3 amide bonds. The Morgan fingerprint density at radius 3 is 2.47 bits per heavy atom. The van der Waals surface area contributed by atoms with Crippen molar-refractivity contribution in [3.63, 3.8) is 0 Å². The van der Waals surface area contributed by atoms with Crippen LogP contribution in [0.4, 0.5) is 0 Å². The second kappa shape index (κ2) is 16.2. The van der Waals surface area contributed by atoms with Gasteiger partial charge in [-0.15, -0.1) is 13.2 Å². The SMILES string of the molecule is C=CCCC(=O)N[C@@H](COC)[C@@H](OC(=O)[C@H]1[C@@H]2O[C@@]3(CC2Br)[C@@H]1C(=O)N(CCO)[C@@H]3C(=O)N(CC=C)Cc1ccccc1)c1ccccc1. The van der Waals surface area contributed by atoms with Gasteiger partial charge < -0.3 is 34.4 Å². The van der Waals surface area contributed by atoms with E-state index in [1.54, 1.807) is 41.3 Å². The van der Waals surface area contributed by atoms with Crippen LogP contribution in [-0.2, 0) is 39.9 Å². The first-order valence-electron chi connectivity index (χ1n) is 16.5. The van der Waals surface area contributed by atoms with E-state index in [2.05, 4.69) is 34.4 Å². The number of likely N-dealkylation sites (tertiary alicyclic amines) is 1. The number of carbonyl (C=O) groups excluding carboxylic acids is 4. The molecule has 2 aromatic carbocycles. The Hall–Kier alpha value is -3.84. The van der Waals surface area contributed by atoms with Crippen molar-refractivity contribution < 1.29 is 38.5 Å². The van der Waals surface area contributed by atoms with E-state index >= 15 is 0 Å². The second-order valence-electron chi connectivity index (χ2n) is 12.6. The van der Waals surface area contributed by atoms with Crippen molar-refractivity contribution in [2.45, 2.75) is 60.5 Å². The van der Waals surface area contributed by atoms with Gasteiger partial charge in [-0.1, -0.05) is 88.7 Å². The summed E-state index contributed by atoms with van der Waals surface area (Å²) in [4.78, 5) is 58.7. The number of aliphatic hydroxyl groups excluding tert-OH is 1. The number of methoxy groups -OCH3 is 1. The normalized spacial score (nSPS) is 26.5. The molecule has 262 valence electrons. The smallest absolute Gasteiger partial charge is 0.313 e. The van der Waals surface area contributed by atoms with Crippen LogP contribution in [0.15, 0.2) is 86.0 Å². The number of alkyl halides is 1. The van der Waals surface area contributed by atoms with Crippen molar-refractivity contribution in [1.82, 2.24) is 15.1 Å². The highest BCUT2D eigenvalue weighted by molar-refractivity contribution is 9.09. The highest BCUT2D eigenvalue weighted by Gasteiger charge is 2.77. The number of esters is 1. The third kappa shape index (κ3) is 7.38. The lowest BCUT2D eigenvalue weighted by atomic mass is 9.70. The quantitative estimate of drug-likeness (QED) is 0.144. The molecule has 2 aromatic rings. The van der Waals surface area contributed by atoms with Gasteiger partial charge in [-0.25, -0.2) is 0 Å². The van der Waals surface area contributed by atoms with Crippen LogP contribution in [0.1, 0.15) is 36.5 Å². The van der Waals surface area contributed by atoms with Gasteiger partial charge in [0.15, 0.2) is 0 Å². The van der Waals surface area contributed by atoms with Crippen LogP contribution in [0.2, 0.25) is 0 Å². The predicted octanol–water partition coefficient (Wildman–Crippen LogP) is 3.32. The zero-order valence-corrected chi connectivity index (χ0v) is 29.2. The van der Waals surface area contributed by atoms with Crippen molar-refractivity contribution >= 4 is 39.6 Å². The minimum Gasteiger partial charge on any atom is -0.455 e. The van der Waals surface area contributed by atoms with Gasteiger partial charge in [0.2, 0.25) is 17.7 Å². The van der Waals surface area contributed by atoms with Crippen LogP contribution in [0, 0.1) is 11.8 Å². The number of β-amino-alcohol motifs (C(OH)–C–C–N with tert-alkyl or cyclic N) is 1. The molecule has 49 heavy (non-hydrogen) atoms. The number of nitrogens with zero attached hydrogens (tertiary/aromatic N) is 2. The van der Waals surface area contributed by atoms with Crippen LogP contribution in [-0.4, -0.2) is 101 Å². The summed E-state index contributed by atoms with van der Waals surface area (Å²) in [5.41, 5.74) is 0.190. The van der Waals surface area contributed by atoms with Gasteiger partial charge in [0.1, 0.15) is 17.7 Å². The van der Waals surface area contributed by atoms with Gasteiger partial charge in [-0.05, 0) is 24.0 Å². The van der Waals surface area contributed by atoms with Crippen LogP contribution in [0.5, 0.6) is 0 Å². The molecular weight excluding hydrogens is 694 g/mol. The predicted molar refractivity (Wildman–Crippen MR) is 185 cm³/mol. The highest BCUT2D eigenvalue weighted by atomic mass is 79.9. The highest BCUT2D eigenvalue weighted by Crippen LogP contribution is 2.60. The van der Waals surface area contributed by atoms with Crippen LogP contribution in [0.3, 0.4) is 0 Å². The van der Waals surface area contributed by atoms with E-state index < -0.39 is 53.6 Å². The fourth-order valence-electron chi connectivity index (χ4n) is 7.52. The molecule has 3 fully saturated rings. The lowest BCUT2D eigenvalue weighted by molar-refractivity contribution is -0.163. The minimum atomic E-state index is -1.34. The third-order valence-corrected chi connectivity index (χ3v) is 10.4. The van der Waals surface area contributed by atoms with Gasteiger partial charge >= 0.3 is 5.97 Å². The molecule has 2 bridgehead atoms. The lowest BCUT2D eigenvalue weighted by Crippen LogP contribution is -2.57. The molecule has 11 nitrogen and oxygen atoms in total. The Morgan fingerprint density at radius 2 is 1.84 bits per heavy atom. The van der Waals surface area contributed by atoms with Crippen LogP contribution in [0.25, 0.3) is 0 Å². The van der Waals surface area contributed by atoms with E-state index in [1.165, 1.54) is 12.0 Å². The lowest BCUT2D eigenvalue weighted by Gasteiger charge is -2.37. The van der Waals surface area contributed by atoms with Crippen molar-refractivity contribution in [3.05, 3.63) is 97.1 Å². The average molecular weight is 739 g/mol. The number of benzene rings is 2. The van der Waals surface area contributed by atoms with E-state index in [0.717, 1.165) is 5.56 Å². The molecule has 12 heteroatoms. The molecule has 0 radical (unpaired) electrons. The third-order valence-electron chi connectivity index (χ3n) is 9.52. The number of allylic oxidation sites excluding steroid dienone is 1. The molecule has 0 aromatic heterocycles. The Labute approximate surface area is 295 Å². The van der Waals surface area contributed by atoms with Gasteiger partial charge in [-0.3, -0.25) is 19.2 Å². The number of halogens is 1. The van der Waals surface area contributed by atoms with Crippen molar-refractivity contribution in [3.8, 4) is 0 Å². The zero-order valence-electron chi connectivity index (χ0n) is 27.6. The Kier molecular flexibility index (Phi) is 12.1. The fraction of sp³-hybridized carbons (Fsp3) is 0.459. The Morgan fingerprint density at radius 1 is 1.14 bits per heavy atom. The number of hydrogen-bond donors (Lipinski definition) is 2. The zero-order chi connectivity index (χ0) is 35.1. The number of nitrogens with one attached hydrogen (secondary N) is 1. The molecule has 0 aliphatic carbocycles. The summed E-state index contributed by atoms with van der Waals surface area (Å²) in [6.45, 7) is 7.57. The first kappa shape index (κ1) is 36.4. The summed E-state index contributed by atoms with van der Waals surface area (Å²) in [7, 11) is 1.49. The van der Waals surface area contributed by atoms with Crippen molar-refractivity contribution in [1.29, 1.82) is 0 Å². The summed E-state index contributed by atoms with van der Waals surface area (Å²) in [5.74, 6) is -3.83. The fourth-order valence-corrected chi connectivity index (χ4v) is 8.46. The maximum atomic E-state index is 14.5. The average Bonchev–Trinajstić information content (AvgIpc) is 3.69. The molecule has 3 saturated heterocycles. The summed E-state index contributed by atoms with van der Waals surface area (Å²) in [6, 6.07) is 16.7. The summed E-state index contributed by atoms with van der Waals surface area (Å²) >= 11 is 3.70. The first-order valence-corrected chi connectivity index (χ1v) is 17.4. The number of ether oxygens (including phenoxy) is 3. The van der Waals surface area contributed by atoms with E-state index in [1.807, 2.05) is 36.4 Å². The number of carbonyl (C=O) groups is 4. The van der Waals surface area contributed by atoms with Gasteiger partial charge in [0.05, 0.1) is 37.2 Å². The summed E-state index contributed by atoms with van der Waals surface area (Å²) in [5, 5.41) is 13.0. The molecule has 0 saturated carbocycles. The van der Waals surface area contributed by atoms with Crippen molar-refractivity contribution in [2.75, 3.05) is 33.4 Å². The second-order valence-corrected chi connectivity index (χ2v) is 13.8. The number of fused-ring (bicyclic) bond motifs is 1. The van der Waals surface area contributed by atoms with E-state index in [0.29, 0.717) is 18.4 Å². The summed E-state index contributed by atoms with van der Waals surface area (Å²) < 4.78 is 18.3. The number of aliphatic hydroxyl groups is 1. The molecule has 3 aliphatic rings. The molecule has 5 rings (SSSR count). The minimum absolute atomic E-state index is 0.0477. The molecular formula is C37H44BrN3O8. The maximum absolute atomic E-state index is 14.5. The Balaban J connectivity index is 1.48. The molecule has 2 N–H and O–H groups in total. The molecule has 3 heterocycles. The number of amides is 3. The molecule has 3 aliphatic heterocycles. The van der Waals surface area contributed by atoms with Gasteiger partial charge in [0, 0.05) is 38.0 Å². The van der Waals surface area contributed by atoms with Crippen LogP contribution >= 0.6 is 15.9 Å². The number of rotatable bonds is 17. The molecule has 1 spiro atoms. The Bertz CT molecular complexity index is 1510. The van der Waals surface area contributed by atoms with E-state index in [9.17, 15) is 24.3 Å². The van der Waals surface area contributed by atoms with Gasteiger partial charge in [0.25, 0.3) is 0 Å². The number of hydrogen-bond acceptors (Lipinski definition) is 8. The van der Waals surface area contributed by atoms with Crippen LogP contribution < -0.4 is 5.32 Å². The summed E-state index contributed by atoms with van der Waals surface area (Å²) in [6.07, 6.45) is 2.54. The van der Waals surface area contributed by atoms with E-state index in [-0.39, 0.29) is 55.9 Å². The molecule has 8 atom stereocenters. The largest absolute Gasteiger partial charge is 0.455 e. The topological polar surface area (TPSA) is 135 Å². The van der Waals surface area contributed by atoms with E-state index in [4.69, 9.17) is 14.2 Å². The standard InChI is InChI=1S/C37H44BrN3O8/c1-4-6-17-28(43)39-27(23-47-3)31(25-15-11-8-12-16-25)48-36(46)29-30-34(44)41(19-20-42)33(37(30)21-26(38)32(29)49-37)35(45)40(18-5-2)22-24-13-9-7-10-14-24/h4-5,7-16,26-27,29-33,42H,1-2,6,17-23H2,3H3,(H,39,43)/t26?,27-,29+,30-,31-,32+,33+,37-/m0/s1. The monoisotopic (exact) mass is 737 g/mol. The van der Waals surface area contributed by atoms with Crippen molar-refractivity contribution in [2.24, 2.45) is 11.8 Å². The maximum Gasteiger partial charge on any atom is 0.313 e. The molecule has 1 unspecified atom stereocenters.